The maximum atomic E-state index is 12.6. The molecule has 0 aromatic heterocycles. The topological polar surface area (TPSA) is 26.3 Å². The van der Waals surface area contributed by atoms with Crippen LogP contribution < -0.4 is 4.74 Å². The fourth-order valence-corrected chi connectivity index (χ4v) is 1.20. The predicted octanol–water partition coefficient (Wildman–Crippen LogP) is 3.26. The molecule has 0 unspecified atom stereocenters. The molecule has 0 aliphatic heterocycles. The van der Waals surface area contributed by atoms with Gasteiger partial charge in [-0.1, -0.05) is 0 Å². The van der Waals surface area contributed by atoms with Gasteiger partial charge in [0.25, 0.3) is 0 Å². The molecule has 0 N–H and O–H groups in total. The molecule has 1 rings (SSSR count). The van der Waals surface area contributed by atoms with Gasteiger partial charge in [0.05, 0.1) is 18.8 Å². The predicted molar refractivity (Wildman–Crippen MR) is 52.9 cm³/mol. The SMILES string of the molecule is O=Cc1ccc(OCCCF)c(C(F)(F)F)c1. The molecule has 0 heterocycles. The lowest BCUT2D eigenvalue weighted by Gasteiger charge is -2.13. The third-order valence-electron chi connectivity index (χ3n) is 1.98. The molecule has 0 fully saturated rings. The van der Waals surface area contributed by atoms with Gasteiger partial charge in [0.15, 0.2) is 0 Å². The average molecular weight is 250 g/mol. The summed E-state index contributed by atoms with van der Waals surface area (Å²) >= 11 is 0. The Bertz CT molecular complexity index is 388. The Morgan fingerprint density at radius 3 is 2.53 bits per heavy atom. The van der Waals surface area contributed by atoms with Crippen molar-refractivity contribution in [3.8, 4) is 5.75 Å². The highest BCUT2D eigenvalue weighted by Crippen LogP contribution is 2.36. The van der Waals surface area contributed by atoms with E-state index in [1.54, 1.807) is 0 Å². The number of halogens is 4. The minimum Gasteiger partial charge on any atom is -0.493 e. The van der Waals surface area contributed by atoms with E-state index in [0.29, 0.717) is 12.4 Å². The molecule has 17 heavy (non-hydrogen) atoms. The van der Waals surface area contributed by atoms with Gasteiger partial charge >= 0.3 is 6.18 Å². The highest BCUT2D eigenvalue weighted by Gasteiger charge is 2.34. The van der Waals surface area contributed by atoms with E-state index in [1.807, 2.05) is 0 Å². The van der Waals surface area contributed by atoms with Crippen LogP contribution in [0.3, 0.4) is 0 Å². The average Bonchev–Trinajstić information content (AvgIpc) is 2.28. The molecule has 1 aromatic carbocycles. The molecule has 1 aromatic rings. The smallest absolute Gasteiger partial charge is 0.419 e. The van der Waals surface area contributed by atoms with Gasteiger partial charge in [-0.2, -0.15) is 13.2 Å². The van der Waals surface area contributed by atoms with Gasteiger partial charge in [-0.3, -0.25) is 9.18 Å². The lowest BCUT2D eigenvalue weighted by Crippen LogP contribution is -2.10. The van der Waals surface area contributed by atoms with Crippen molar-refractivity contribution >= 4 is 6.29 Å². The first-order chi connectivity index (χ1) is 7.99. The first kappa shape index (κ1) is 13.5. The maximum absolute atomic E-state index is 12.6. The van der Waals surface area contributed by atoms with E-state index in [4.69, 9.17) is 4.74 Å². The van der Waals surface area contributed by atoms with E-state index < -0.39 is 24.2 Å². The molecule has 0 atom stereocenters. The molecule has 0 aliphatic carbocycles. The van der Waals surface area contributed by atoms with Gasteiger partial charge in [0.1, 0.15) is 12.0 Å². The normalized spacial score (nSPS) is 11.3. The number of carbonyl (C=O) groups excluding carboxylic acids is 1. The number of alkyl halides is 4. The van der Waals surface area contributed by atoms with E-state index in [-0.39, 0.29) is 18.6 Å². The summed E-state index contributed by atoms with van der Waals surface area (Å²) < 4.78 is 54.4. The molecule has 0 saturated heterocycles. The van der Waals surface area contributed by atoms with Gasteiger partial charge < -0.3 is 4.74 Å². The standard InChI is InChI=1S/C11H10F4O2/c12-4-1-5-17-10-3-2-8(7-16)6-9(10)11(13,14)15/h2-3,6-7H,1,4-5H2. The number of carbonyl (C=O) groups is 1. The second-order valence-corrected chi connectivity index (χ2v) is 3.26. The van der Waals surface area contributed by atoms with Crippen LogP contribution in [-0.4, -0.2) is 19.6 Å². The lowest BCUT2D eigenvalue weighted by atomic mass is 10.1. The van der Waals surface area contributed by atoms with Gasteiger partial charge in [0, 0.05) is 12.0 Å². The van der Waals surface area contributed by atoms with Gasteiger partial charge in [0.2, 0.25) is 0 Å². The van der Waals surface area contributed by atoms with Crippen LogP contribution in [0.1, 0.15) is 22.3 Å². The Kier molecular flexibility index (Phi) is 4.48. The van der Waals surface area contributed by atoms with Crippen LogP contribution in [0.4, 0.5) is 17.6 Å². The quantitative estimate of drug-likeness (QED) is 0.455. The van der Waals surface area contributed by atoms with E-state index in [1.165, 1.54) is 6.07 Å². The fraction of sp³-hybridized carbons (Fsp3) is 0.364. The molecule has 0 amide bonds. The minimum absolute atomic E-state index is 0.0206. The maximum Gasteiger partial charge on any atom is 0.419 e. The van der Waals surface area contributed by atoms with Crippen molar-refractivity contribution in [2.45, 2.75) is 12.6 Å². The first-order valence-corrected chi connectivity index (χ1v) is 4.84. The third-order valence-corrected chi connectivity index (χ3v) is 1.98. The van der Waals surface area contributed by atoms with Crippen LogP contribution in [-0.2, 0) is 6.18 Å². The summed E-state index contributed by atoms with van der Waals surface area (Å²) in [7, 11) is 0. The number of hydrogen-bond acceptors (Lipinski definition) is 2. The number of ether oxygens (including phenoxy) is 1. The van der Waals surface area contributed by atoms with Crippen LogP contribution in [0.5, 0.6) is 5.75 Å². The summed E-state index contributed by atoms with van der Waals surface area (Å²) in [4.78, 5) is 10.4. The molecule has 0 spiro atoms. The molecular formula is C11H10F4O2. The number of hydrogen-bond donors (Lipinski definition) is 0. The van der Waals surface area contributed by atoms with Crippen molar-refractivity contribution in [2.24, 2.45) is 0 Å². The minimum atomic E-state index is -4.61. The van der Waals surface area contributed by atoms with Crippen LogP contribution in [0.25, 0.3) is 0 Å². The summed E-state index contributed by atoms with van der Waals surface area (Å²) in [5.41, 5.74) is -1.11. The molecule has 0 aliphatic rings. The summed E-state index contributed by atoms with van der Waals surface area (Å²) in [6, 6.07) is 2.98. The number of aldehydes is 1. The summed E-state index contributed by atoms with van der Waals surface area (Å²) in [6.45, 7) is -0.798. The Labute approximate surface area is 95.2 Å². The summed E-state index contributed by atoms with van der Waals surface area (Å²) in [5.74, 6) is -0.392. The Morgan fingerprint density at radius 1 is 1.29 bits per heavy atom. The zero-order valence-corrected chi connectivity index (χ0v) is 8.76. The van der Waals surface area contributed by atoms with Gasteiger partial charge in [-0.25, -0.2) is 0 Å². The summed E-state index contributed by atoms with van der Waals surface area (Å²) in [6.07, 6.45) is -4.27. The molecule has 6 heteroatoms. The van der Waals surface area contributed by atoms with Gasteiger partial charge in [-0.15, -0.1) is 0 Å². The summed E-state index contributed by atoms with van der Waals surface area (Å²) in [5, 5.41) is 0. The van der Waals surface area contributed by atoms with Crippen molar-refractivity contribution in [3.63, 3.8) is 0 Å². The van der Waals surface area contributed by atoms with E-state index in [0.717, 1.165) is 6.07 Å². The van der Waals surface area contributed by atoms with Crippen LogP contribution in [0.15, 0.2) is 18.2 Å². The van der Waals surface area contributed by atoms with Crippen LogP contribution in [0, 0.1) is 0 Å². The molecule has 0 radical (unpaired) electrons. The monoisotopic (exact) mass is 250 g/mol. The van der Waals surface area contributed by atoms with Crippen molar-refractivity contribution < 1.29 is 27.1 Å². The van der Waals surface area contributed by atoms with Crippen molar-refractivity contribution in [2.75, 3.05) is 13.3 Å². The Balaban J connectivity index is 2.98. The zero-order valence-electron chi connectivity index (χ0n) is 8.76. The highest BCUT2D eigenvalue weighted by atomic mass is 19.4. The van der Waals surface area contributed by atoms with E-state index >= 15 is 0 Å². The zero-order chi connectivity index (χ0) is 12.9. The second kappa shape index (κ2) is 5.65. The van der Waals surface area contributed by atoms with Crippen molar-refractivity contribution in [3.05, 3.63) is 29.3 Å². The van der Waals surface area contributed by atoms with Gasteiger partial charge in [-0.05, 0) is 18.2 Å². The van der Waals surface area contributed by atoms with Crippen molar-refractivity contribution in [1.29, 1.82) is 0 Å². The van der Waals surface area contributed by atoms with Crippen LogP contribution >= 0.6 is 0 Å². The largest absolute Gasteiger partial charge is 0.493 e. The molecule has 0 bridgehead atoms. The van der Waals surface area contributed by atoms with E-state index in [9.17, 15) is 22.4 Å². The first-order valence-electron chi connectivity index (χ1n) is 4.84. The lowest BCUT2D eigenvalue weighted by molar-refractivity contribution is -0.139. The number of benzene rings is 1. The fourth-order valence-electron chi connectivity index (χ4n) is 1.20. The third kappa shape index (κ3) is 3.72. The second-order valence-electron chi connectivity index (χ2n) is 3.26. The molecule has 94 valence electrons. The van der Waals surface area contributed by atoms with E-state index in [2.05, 4.69) is 0 Å². The Hall–Kier alpha value is -1.59. The number of rotatable bonds is 5. The molecule has 2 nitrogen and oxygen atoms in total. The molecule has 0 saturated carbocycles. The highest BCUT2D eigenvalue weighted by molar-refractivity contribution is 5.75. The Morgan fingerprint density at radius 2 is 2.00 bits per heavy atom. The van der Waals surface area contributed by atoms with Crippen molar-refractivity contribution in [1.82, 2.24) is 0 Å². The molecular weight excluding hydrogens is 240 g/mol. The van der Waals surface area contributed by atoms with Crippen LogP contribution in [0.2, 0.25) is 0 Å².